The van der Waals surface area contributed by atoms with Gasteiger partial charge in [-0.15, -0.1) is 10.2 Å². The predicted molar refractivity (Wildman–Crippen MR) is 73.9 cm³/mol. The van der Waals surface area contributed by atoms with Gasteiger partial charge in [-0.25, -0.2) is 4.98 Å². The highest BCUT2D eigenvalue weighted by molar-refractivity contribution is 5.56. The lowest BCUT2D eigenvalue weighted by molar-refractivity contribution is 1.11. The van der Waals surface area contributed by atoms with Gasteiger partial charge < -0.3 is 4.90 Å². The Bertz CT molecular complexity index is 547. The van der Waals surface area contributed by atoms with E-state index in [1.165, 1.54) is 0 Å². The Morgan fingerprint density at radius 1 is 1.06 bits per heavy atom. The Hall–Kier alpha value is -2.23. The van der Waals surface area contributed by atoms with E-state index in [4.69, 9.17) is 0 Å². The van der Waals surface area contributed by atoms with Crippen molar-refractivity contribution in [3.63, 3.8) is 0 Å². The van der Waals surface area contributed by atoms with Crippen LogP contribution in [0.15, 0.2) is 52.8 Å². The minimum atomic E-state index is 0.619. The normalized spacial score (nSPS) is 10.8. The van der Waals surface area contributed by atoms with Crippen molar-refractivity contribution in [2.75, 3.05) is 19.0 Å². The number of benzene rings is 1. The molecule has 0 fully saturated rings. The van der Waals surface area contributed by atoms with Gasteiger partial charge in [-0.05, 0) is 42.8 Å². The molecule has 4 nitrogen and oxygen atoms in total. The van der Waals surface area contributed by atoms with Crippen molar-refractivity contribution in [3.05, 3.63) is 48.2 Å². The highest BCUT2D eigenvalue weighted by Gasteiger charge is 2.00. The molecule has 18 heavy (non-hydrogen) atoms. The lowest BCUT2D eigenvalue weighted by Gasteiger charge is -2.13. The van der Waals surface area contributed by atoms with E-state index in [1.54, 1.807) is 6.20 Å². The fraction of sp³-hybridized carbons (Fsp3) is 0.214. The monoisotopic (exact) mass is 240 g/mol. The van der Waals surface area contributed by atoms with Crippen LogP contribution < -0.4 is 4.90 Å². The van der Waals surface area contributed by atoms with Crippen molar-refractivity contribution in [1.82, 2.24) is 4.98 Å². The molecule has 0 saturated heterocycles. The summed E-state index contributed by atoms with van der Waals surface area (Å²) in [7, 11) is 4.04. The molecule has 0 saturated carbocycles. The zero-order chi connectivity index (χ0) is 13.0. The molecule has 0 aliphatic rings. The minimum Gasteiger partial charge on any atom is -0.378 e. The molecule has 0 bridgehead atoms. The first kappa shape index (κ1) is 12.2. The largest absolute Gasteiger partial charge is 0.378 e. The number of hydrogen-bond donors (Lipinski definition) is 0. The van der Waals surface area contributed by atoms with Crippen LogP contribution in [0.5, 0.6) is 0 Å². The van der Waals surface area contributed by atoms with Crippen LogP contribution in [0, 0.1) is 6.92 Å². The molecule has 0 N–H and O–H groups in total. The molecular formula is C14H16N4. The molecule has 0 spiro atoms. The van der Waals surface area contributed by atoms with Crippen LogP contribution in [0.25, 0.3) is 0 Å². The Morgan fingerprint density at radius 2 is 1.89 bits per heavy atom. The second-order valence-electron chi connectivity index (χ2n) is 4.25. The molecule has 1 heterocycles. The van der Waals surface area contributed by atoms with E-state index in [0.717, 1.165) is 16.9 Å². The van der Waals surface area contributed by atoms with Crippen LogP contribution in [0.2, 0.25) is 0 Å². The van der Waals surface area contributed by atoms with Gasteiger partial charge in [-0.3, -0.25) is 0 Å². The molecule has 0 aliphatic heterocycles. The Morgan fingerprint density at radius 3 is 2.50 bits per heavy atom. The van der Waals surface area contributed by atoms with Crippen molar-refractivity contribution in [3.8, 4) is 0 Å². The van der Waals surface area contributed by atoms with Crippen LogP contribution in [0.4, 0.5) is 17.2 Å². The topological polar surface area (TPSA) is 40.9 Å². The van der Waals surface area contributed by atoms with Crippen molar-refractivity contribution >= 4 is 17.2 Å². The summed E-state index contributed by atoms with van der Waals surface area (Å²) in [5, 5.41) is 8.33. The summed E-state index contributed by atoms with van der Waals surface area (Å²) in [4.78, 5) is 6.16. The standard InChI is InChI=1S/C14H16N4/c1-11-10-12(18(2)3)7-8-13(11)16-17-14-6-4-5-9-15-14/h4-10H,1-3H3. The quantitative estimate of drug-likeness (QED) is 0.764. The van der Waals surface area contributed by atoms with E-state index in [2.05, 4.69) is 26.2 Å². The van der Waals surface area contributed by atoms with E-state index >= 15 is 0 Å². The van der Waals surface area contributed by atoms with Crippen LogP contribution in [-0.4, -0.2) is 19.1 Å². The van der Waals surface area contributed by atoms with Crippen molar-refractivity contribution in [2.45, 2.75) is 6.92 Å². The number of nitrogens with zero attached hydrogens (tertiary/aromatic N) is 4. The van der Waals surface area contributed by atoms with E-state index < -0.39 is 0 Å². The minimum absolute atomic E-state index is 0.619. The molecule has 0 aliphatic carbocycles. The second-order valence-corrected chi connectivity index (χ2v) is 4.25. The van der Waals surface area contributed by atoms with Gasteiger partial charge in [0.2, 0.25) is 0 Å². The maximum absolute atomic E-state index is 4.22. The summed E-state index contributed by atoms with van der Waals surface area (Å²) in [5.74, 6) is 0.619. The van der Waals surface area contributed by atoms with Gasteiger partial charge in [0.1, 0.15) is 0 Å². The first-order valence-electron chi connectivity index (χ1n) is 5.77. The highest BCUT2D eigenvalue weighted by atomic mass is 15.1. The number of aromatic nitrogens is 1. The smallest absolute Gasteiger partial charge is 0.174 e. The fourth-order valence-corrected chi connectivity index (χ4v) is 1.55. The summed E-state index contributed by atoms with van der Waals surface area (Å²) in [6.45, 7) is 2.03. The van der Waals surface area contributed by atoms with Gasteiger partial charge in [-0.1, -0.05) is 6.07 Å². The molecule has 0 atom stereocenters. The summed E-state index contributed by atoms with van der Waals surface area (Å²) in [6, 6.07) is 11.7. The first-order valence-corrected chi connectivity index (χ1v) is 5.77. The fourth-order valence-electron chi connectivity index (χ4n) is 1.55. The van der Waals surface area contributed by atoms with Crippen LogP contribution in [0.1, 0.15) is 5.56 Å². The molecule has 1 aromatic carbocycles. The molecule has 4 heteroatoms. The van der Waals surface area contributed by atoms with Gasteiger partial charge in [0.25, 0.3) is 0 Å². The van der Waals surface area contributed by atoms with Crippen LogP contribution >= 0.6 is 0 Å². The van der Waals surface area contributed by atoms with Gasteiger partial charge in [0, 0.05) is 26.0 Å². The summed E-state index contributed by atoms with van der Waals surface area (Å²) in [5.41, 5.74) is 3.12. The average Bonchev–Trinajstić information content (AvgIpc) is 2.38. The number of rotatable bonds is 3. The Kier molecular flexibility index (Phi) is 3.67. The molecule has 0 radical (unpaired) electrons. The van der Waals surface area contributed by atoms with E-state index in [0.29, 0.717) is 5.82 Å². The predicted octanol–water partition coefficient (Wildman–Crippen LogP) is 3.87. The molecule has 1 aromatic heterocycles. The van der Waals surface area contributed by atoms with Gasteiger partial charge >= 0.3 is 0 Å². The first-order chi connectivity index (χ1) is 8.66. The highest BCUT2D eigenvalue weighted by Crippen LogP contribution is 2.25. The number of anilines is 1. The van der Waals surface area contributed by atoms with E-state index in [9.17, 15) is 0 Å². The van der Waals surface area contributed by atoms with Crippen molar-refractivity contribution in [1.29, 1.82) is 0 Å². The SMILES string of the molecule is Cc1cc(N(C)C)ccc1N=Nc1ccccn1. The zero-order valence-electron chi connectivity index (χ0n) is 10.8. The number of aryl methyl sites for hydroxylation is 1. The average molecular weight is 240 g/mol. The summed E-state index contributed by atoms with van der Waals surface area (Å²) >= 11 is 0. The van der Waals surface area contributed by atoms with Crippen LogP contribution in [-0.2, 0) is 0 Å². The van der Waals surface area contributed by atoms with Crippen LogP contribution in [0.3, 0.4) is 0 Å². The van der Waals surface area contributed by atoms with E-state index in [1.807, 2.05) is 51.4 Å². The number of azo groups is 1. The molecule has 0 unspecified atom stereocenters. The third-order valence-electron chi connectivity index (χ3n) is 2.61. The van der Waals surface area contributed by atoms with E-state index in [-0.39, 0.29) is 0 Å². The summed E-state index contributed by atoms with van der Waals surface area (Å²) < 4.78 is 0. The molecular weight excluding hydrogens is 224 g/mol. The second kappa shape index (κ2) is 5.40. The maximum atomic E-state index is 4.22. The lowest BCUT2D eigenvalue weighted by Crippen LogP contribution is -2.08. The Balaban J connectivity index is 2.22. The number of pyridine rings is 1. The molecule has 2 rings (SSSR count). The summed E-state index contributed by atoms with van der Waals surface area (Å²) in [6.07, 6.45) is 1.70. The van der Waals surface area contributed by atoms with Gasteiger partial charge in [0.15, 0.2) is 5.82 Å². The van der Waals surface area contributed by atoms with Crippen molar-refractivity contribution < 1.29 is 0 Å². The Labute approximate surface area is 107 Å². The lowest BCUT2D eigenvalue weighted by atomic mass is 10.2. The van der Waals surface area contributed by atoms with Gasteiger partial charge in [0.05, 0.1) is 5.69 Å². The van der Waals surface area contributed by atoms with Crippen molar-refractivity contribution in [2.24, 2.45) is 10.2 Å². The molecule has 0 amide bonds. The zero-order valence-corrected chi connectivity index (χ0v) is 10.8. The maximum Gasteiger partial charge on any atom is 0.174 e. The molecule has 2 aromatic rings. The molecule has 92 valence electrons. The number of hydrogen-bond acceptors (Lipinski definition) is 4. The van der Waals surface area contributed by atoms with Gasteiger partial charge in [-0.2, -0.15) is 0 Å². The third-order valence-corrected chi connectivity index (χ3v) is 2.61. The third kappa shape index (κ3) is 2.91.